The molecule has 1 saturated heterocycles. The number of nitrogens with zero attached hydrogens (tertiary/aromatic N) is 2. The van der Waals surface area contributed by atoms with Crippen LogP contribution >= 0.6 is 0 Å². The number of aromatic amines is 1. The Kier molecular flexibility index (Phi) is 9.35. The van der Waals surface area contributed by atoms with Gasteiger partial charge in [0.1, 0.15) is 41.7 Å². The molecule has 42 heavy (non-hydrogen) atoms. The summed E-state index contributed by atoms with van der Waals surface area (Å²) >= 11 is 0. The maximum atomic E-state index is 12.4. The number of H-pyrrole nitrogens is 1. The van der Waals surface area contributed by atoms with Crippen LogP contribution in [-0.2, 0) is 24.4 Å². The minimum absolute atomic E-state index is 0.196. The first-order chi connectivity index (χ1) is 20.2. The highest BCUT2D eigenvalue weighted by Gasteiger charge is 2.26. The number of ether oxygens (including phenoxy) is 3. The van der Waals surface area contributed by atoms with Crippen LogP contribution in [0.5, 0.6) is 11.5 Å². The Balaban J connectivity index is 1.23. The van der Waals surface area contributed by atoms with Crippen LogP contribution in [0.1, 0.15) is 69.0 Å². The topological polar surface area (TPSA) is 76.7 Å². The Morgan fingerprint density at radius 1 is 0.952 bits per heavy atom. The Morgan fingerprint density at radius 2 is 1.69 bits per heavy atom. The van der Waals surface area contributed by atoms with E-state index >= 15 is 0 Å². The molecule has 1 N–H and O–H groups in total. The van der Waals surface area contributed by atoms with E-state index in [1.165, 1.54) is 11.1 Å². The first kappa shape index (κ1) is 29.5. The minimum Gasteiger partial charge on any atom is -0.487 e. The molecule has 5 rings (SSSR count). The van der Waals surface area contributed by atoms with Crippen molar-refractivity contribution in [2.75, 3.05) is 13.1 Å². The van der Waals surface area contributed by atoms with Crippen LogP contribution in [0.3, 0.4) is 0 Å². The molecule has 222 valence electrons. The monoisotopic (exact) mass is 569 g/mol. The molecule has 1 aliphatic rings. The molecule has 1 aliphatic heterocycles. The second-order valence-electron chi connectivity index (χ2n) is 12.3. The number of amides is 1. The van der Waals surface area contributed by atoms with Crippen molar-refractivity contribution in [1.29, 1.82) is 0 Å². The van der Waals surface area contributed by atoms with Gasteiger partial charge in [0.2, 0.25) is 0 Å². The van der Waals surface area contributed by atoms with E-state index in [1.54, 1.807) is 0 Å². The van der Waals surface area contributed by atoms with Gasteiger partial charge in [-0.05, 0) is 95.0 Å². The molecule has 1 amide bonds. The fourth-order valence-electron chi connectivity index (χ4n) is 5.40. The number of rotatable bonds is 10. The number of carbonyl (C=O) groups excluding carboxylic acids is 1. The number of likely N-dealkylation sites (tertiary alicyclic amines) is 1. The first-order valence-electron chi connectivity index (χ1n) is 15.1. The van der Waals surface area contributed by atoms with Gasteiger partial charge in [-0.25, -0.2) is 9.78 Å². The number of hydrogen-bond donors (Lipinski definition) is 1. The highest BCUT2D eigenvalue weighted by Crippen LogP contribution is 2.30. The summed E-state index contributed by atoms with van der Waals surface area (Å²) in [5, 5.41) is 0. The molecule has 1 aromatic heterocycles. The number of carbonyl (C=O) groups is 1. The van der Waals surface area contributed by atoms with Crippen LogP contribution in [0.15, 0.2) is 66.7 Å². The second kappa shape index (κ2) is 13.3. The lowest BCUT2D eigenvalue weighted by Crippen LogP contribution is -2.41. The SMILES string of the molecule is Cc1ccc(OCc2nc3c(CCCC4CCN(C(=O)OC(C)(C)C)CC4)ccc(OCc4ccccc4)c3[nH]2)cc1. The molecule has 2 heterocycles. The van der Waals surface area contributed by atoms with Crippen LogP contribution in [0.25, 0.3) is 11.0 Å². The molecular formula is C35H43N3O4. The van der Waals surface area contributed by atoms with Gasteiger partial charge < -0.3 is 24.1 Å². The molecule has 0 spiro atoms. The Bertz CT molecular complexity index is 1450. The van der Waals surface area contributed by atoms with Crippen LogP contribution in [0, 0.1) is 12.8 Å². The predicted octanol–water partition coefficient (Wildman–Crippen LogP) is 8.00. The maximum Gasteiger partial charge on any atom is 0.410 e. The summed E-state index contributed by atoms with van der Waals surface area (Å²) in [7, 11) is 0. The fourth-order valence-corrected chi connectivity index (χ4v) is 5.40. The summed E-state index contributed by atoms with van der Waals surface area (Å²) in [4.78, 5) is 22.7. The van der Waals surface area contributed by atoms with E-state index in [4.69, 9.17) is 19.2 Å². The van der Waals surface area contributed by atoms with Crippen LogP contribution in [0.2, 0.25) is 0 Å². The van der Waals surface area contributed by atoms with Gasteiger partial charge in [-0.15, -0.1) is 0 Å². The molecule has 0 aliphatic carbocycles. The molecule has 1 fully saturated rings. The molecule has 3 aromatic carbocycles. The summed E-state index contributed by atoms with van der Waals surface area (Å²) in [5.41, 5.74) is 4.93. The zero-order valence-electron chi connectivity index (χ0n) is 25.3. The lowest BCUT2D eigenvalue weighted by atomic mass is 9.91. The second-order valence-corrected chi connectivity index (χ2v) is 12.3. The van der Waals surface area contributed by atoms with Crippen LogP contribution < -0.4 is 9.47 Å². The lowest BCUT2D eigenvalue weighted by molar-refractivity contribution is 0.0180. The van der Waals surface area contributed by atoms with E-state index in [0.717, 1.165) is 79.1 Å². The largest absolute Gasteiger partial charge is 0.487 e. The number of aromatic nitrogens is 2. The summed E-state index contributed by atoms with van der Waals surface area (Å²) in [5.74, 6) is 3.00. The number of piperidine rings is 1. The zero-order chi connectivity index (χ0) is 29.5. The third-order valence-electron chi connectivity index (χ3n) is 7.70. The van der Waals surface area contributed by atoms with E-state index < -0.39 is 5.60 Å². The average molecular weight is 570 g/mol. The van der Waals surface area contributed by atoms with Gasteiger partial charge in [0, 0.05) is 13.1 Å². The molecule has 4 aromatic rings. The van der Waals surface area contributed by atoms with Gasteiger partial charge >= 0.3 is 6.09 Å². The predicted molar refractivity (Wildman–Crippen MR) is 166 cm³/mol. The van der Waals surface area contributed by atoms with Crippen molar-refractivity contribution in [3.05, 3.63) is 89.2 Å². The number of nitrogens with one attached hydrogen (secondary N) is 1. The van der Waals surface area contributed by atoms with Gasteiger partial charge in [0.05, 0.1) is 5.52 Å². The molecule has 0 saturated carbocycles. The maximum absolute atomic E-state index is 12.4. The smallest absolute Gasteiger partial charge is 0.410 e. The molecule has 0 bridgehead atoms. The zero-order valence-corrected chi connectivity index (χ0v) is 25.3. The van der Waals surface area contributed by atoms with Gasteiger partial charge in [0.25, 0.3) is 0 Å². The molecular weight excluding hydrogens is 526 g/mol. The number of imidazole rings is 1. The number of hydrogen-bond acceptors (Lipinski definition) is 5. The van der Waals surface area contributed by atoms with E-state index in [1.807, 2.05) is 68.1 Å². The molecule has 0 atom stereocenters. The summed E-state index contributed by atoms with van der Waals surface area (Å²) < 4.78 is 17.8. The first-order valence-corrected chi connectivity index (χ1v) is 15.1. The van der Waals surface area contributed by atoms with Gasteiger partial charge in [0.15, 0.2) is 0 Å². The van der Waals surface area contributed by atoms with Gasteiger partial charge in [-0.3, -0.25) is 0 Å². The molecule has 0 radical (unpaired) electrons. The summed E-state index contributed by atoms with van der Waals surface area (Å²) in [6.07, 6.45) is 4.97. The summed E-state index contributed by atoms with van der Waals surface area (Å²) in [6, 6.07) is 22.5. The highest BCUT2D eigenvalue weighted by atomic mass is 16.6. The van der Waals surface area contributed by atoms with E-state index in [0.29, 0.717) is 19.1 Å². The summed E-state index contributed by atoms with van der Waals surface area (Å²) in [6.45, 7) is 10.2. The number of aryl methyl sites for hydroxylation is 2. The van der Waals surface area contributed by atoms with E-state index in [-0.39, 0.29) is 6.09 Å². The lowest BCUT2D eigenvalue weighted by Gasteiger charge is -2.33. The minimum atomic E-state index is -0.458. The van der Waals surface area contributed by atoms with Crippen molar-refractivity contribution in [2.45, 2.75) is 78.6 Å². The van der Waals surface area contributed by atoms with Gasteiger partial charge in [-0.2, -0.15) is 0 Å². The van der Waals surface area contributed by atoms with Crippen molar-refractivity contribution >= 4 is 17.1 Å². The third kappa shape index (κ3) is 8.05. The van der Waals surface area contributed by atoms with Crippen LogP contribution in [-0.4, -0.2) is 39.7 Å². The van der Waals surface area contributed by atoms with Crippen molar-refractivity contribution in [3.8, 4) is 11.5 Å². The quantitative estimate of drug-likeness (QED) is 0.209. The molecule has 7 heteroatoms. The molecule has 7 nitrogen and oxygen atoms in total. The average Bonchev–Trinajstić information content (AvgIpc) is 3.41. The third-order valence-corrected chi connectivity index (χ3v) is 7.70. The van der Waals surface area contributed by atoms with Crippen molar-refractivity contribution in [3.63, 3.8) is 0 Å². The van der Waals surface area contributed by atoms with E-state index in [2.05, 4.69) is 36.2 Å². The fraction of sp³-hybridized carbons (Fsp3) is 0.429. The highest BCUT2D eigenvalue weighted by molar-refractivity contribution is 5.85. The van der Waals surface area contributed by atoms with Crippen LogP contribution in [0.4, 0.5) is 4.79 Å². The van der Waals surface area contributed by atoms with Crippen molar-refractivity contribution < 1.29 is 19.0 Å². The Labute approximate surface area is 249 Å². The molecule has 0 unspecified atom stereocenters. The van der Waals surface area contributed by atoms with E-state index in [9.17, 15) is 4.79 Å². The Morgan fingerprint density at radius 3 is 2.40 bits per heavy atom. The standard InChI is InChI=1S/C35H43N3O4/c1-25-13-16-29(17-14-25)40-24-31-36-32-28(15-18-30(33(32)37-31)41-23-27-9-6-5-7-10-27)12-8-11-26-19-21-38(22-20-26)34(39)42-35(2,3)4/h5-7,9-10,13-18,26H,8,11-12,19-24H2,1-4H3,(H,36,37). The number of fused-ring (bicyclic) bond motifs is 1. The van der Waals surface area contributed by atoms with Crippen molar-refractivity contribution in [2.24, 2.45) is 5.92 Å². The van der Waals surface area contributed by atoms with Gasteiger partial charge in [-0.1, -0.05) is 54.1 Å². The Hall–Kier alpha value is -4.00. The van der Waals surface area contributed by atoms with Crippen molar-refractivity contribution in [1.82, 2.24) is 14.9 Å². The number of benzene rings is 3. The normalized spacial score (nSPS) is 14.2.